The molecule has 0 bridgehead atoms. The fourth-order valence-corrected chi connectivity index (χ4v) is 4.88. The highest BCUT2D eigenvalue weighted by Gasteiger charge is 2.50. The minimum atomic E-state index is -1.88. The Balaban J connectivity index is 1.52. The van der Waals surface area contributed by atoms with Crippen LogP contribution < -0.4 is 10.2 Å². The molecule has 0 aliphatic carbocycles. The summed E-state index contributed by atoms with van der Waals surface area (Å²) < 4.78 is 28.2. The van der Waals surface area contributed by atoms with E-state index in [4.69, 9.17) is 23.4 Å². The van der Waals surface area contributed by atoms with Crippen LogP contribution in [0.25, 0.3) is 22.3 Å². The molecule has 0 saturated carbocycles. The number of benzene rings is 2. The van der Waals surface area contributed by atoms with Crippen LogP contribution in [0.15, 0.2) is 45.6 Å². The van der Waals surface area contributed by atoms with Crippen LogP contribution in [0, 0.1) is 0 Å². The van der Waals surface area contributed by atoms with Gasteiger partial charge in [0.2, 0.25) is 17.5 Å². The standard InChI is InChI=1S/C27H30O15/c1-9-17(32)24(41-26-21(36)20(35)18(33)15(8-28)40-26)22(37)27(38-9)42-25-19(34)16-13(31)6-12(30)7-14(16)39-23(25)10-2-4-11(29)5-3-10/h2-7,9,15,17-18,20-22,24,26-33,35-37H,8H2,1H3/t9-,15+,17-,18+,20-,21+,22+,24+,26-,27-/m0/s1. The Kier molecular flexibility index (Phi) is 8.30. The minimum Gasteiger partial charge on any atom is -0.508 e. The molecule has 2 saturated heterocycles. The average Bonchev–Trinajstić information content (AvgIpc) is 2.95. The molecule has 2 aliphatic rings. The van der Waals surface area contributed by atoms with Crippen molar-refractivity contribution in [3.05, 3.63) is 46.6 Å². The van der Waals surface area contributed by atoms with Crippen molar-refractivity contribution in [2.75, 3.05) is 6.61 Å². The van der Waals surface area contributed by atoms with Crippen LogP contribution in [0.2, 0.25) is 0 Å². The van der Waals surface area contributed by atoms with E-state index in [0.717, 1.165) is 12.1 Å². The van der Waals surface area contributed by atoms with E-state index < -0.39 is 90.7 Å². The van der Waals surface area contributed by atoms with Crippen LogP contribution in [-0.2, 0) is 14.2 Å². The van der Waals surface area contributed by atoms with E-state index in [-0.39, 0.29) is 28.0 Å². The van der Waals surface area contributed by atoms with Crippen molar-refractivity contribution in [3.63, 3.8) is 0 Å². The van der Waals surface area contributed by atoms with Crippen molar-refractivity contribution in [1.29, 1.82) is 0 Å². The summed E-state index contributed by atoms with van der Waals surface area (Å²) >= 11 is 0. The number of rotatable bonds is 6. The molecule has 3 heterocycles. The van der Waals surface area contributed by atoms with Crippen LogP contribution in [0.5, 0.6) is 23.0 Å². The monoisotopic (exact) mass is 594 g/mol. The molecule has 2 aromatic carbocycles. The second kappa shape index (κ2) is 11.6. The smallest absolute Gasteiger partial charge is 0.239 e. The summed E-state index contributed by atoms with van der Waals surface area (Å²) in [5.41, 5.74) is -0.902. The van der Waals surface area contributed by atoms with Gasteiger partial charge in [-0.05, 0) is 31.2 Å². The molecule has 3 aromatic rings. The van der Waals surface area contributed by atoms with Gasteiger partial charge in [-0.2, -0.15) is 0 Å². The van der Waals surface area contributed by atoms with Crippen LogP contribution in [0.1, 0.15) is 6.92 Å². The van der Waals surface area contributed by atoms with E-state index in [2.05, 4.69) is 0 Å². The third kappa shape index (κ3) is 5.37. The normalized spacial score (nSPS) is 33.5. The molecule has 0 spiro atoms. The minimum absolute atomic E-state index is 0.0957. The maximum absolute atomic E-state index is 13.6. The Hall–Kier alpha value is -3.51. The molecular formula is C27H30O15. The highest BCUT2D eigenvalue weighted by molar-refractivity contribution is 5.88. The molecule has 2 aliphatic heterocycles. The molecule has 228 valence electrons. The van der Waals surface area contributed by atoms with Gasteiger partial charge in [0.15, 0.2) is 12.1 Å². The quantitative estimate of drug-likeness (QED) is 0.159. The lowest BCUT2D eigenvalue weighted by atomic mass is 9.97. The van der Waals surface area contributed by atoms with Crippen molar-refractivity contribution in [2.24, 2.45) is 0 Å². The van der Waals surface area contributed by atoms with Crippen molar-refractivity contribution < 1.29 is 69.3 Å². The number of aromatic hydroxyl groups is 3. The number of aliphatic hydroxyl groups excluding tert-OH is 6. The Morgan fingerprint density at radius 3 is 2.17 bits per heavy atom. The molecule has 0 unspecified atom stereocenters. The first-order valence-electron chi connectivity index (χ1n) is 12.9. The van der Waals surface area contributed by atoms with Crippen molar-refractivity contribution in [2.45, 2.75) is 68.3 Å². The summed E-state index contributed by atoms with van der Waals surface area (Å²) in [5.74, 6) is -1.89. The van der Waals surface area contributed by atoms with Crippen LogP contribution in [0.3, 0.4) is 0 Å². The molecule has 10 atom stereocenters. The molecule has 9 N–H and O–H groups in total. The largest absolute Gasteiger partial charge is 0.508 e. The molecule has 15 heteroatoms. The third-order valence-corrected chi connectivity index (χ3v) is 7.20. The van der Waals surface area contributed by atoms with Gasteiger partial charge in [0.05, 0.1) is 12.7 Å². The Morgan fingerprint density at radius 1 is 0.810 bits per heavy atom. The summed E-state index contributed by atoms with van der Waals surface area (Å²) in [6.45, 7) is 0.656. The maximum Gasteiger partial charge on any atom is 0.239 e. The van der Waals surface area contributed by atoms with Gasteiger partial charge in [-0.25, -0.2) is 0 Å². The van der Waals surface area contributed by atoms with E-state index in [1.165, 1.54) is 31.2 Å². The van der Waals surface area contributed by atoms with Gasteiger partial charge >= 0.3 is 0 Å². The lowest BCUT2D eigenvalue weighted by molar-refractivity contribution is -0.350. The highest BCUT2D eigenvalue weighted by Crippen LogP contribution is 2.38. The van der Waals surface area contributed by atoms with Crippen LogP contribution in [-0.4, -0.2) is 114 Å². The molecule has 42 heavy (non-hydrogen) atoms. The molecule has 2 fully saturated rings. The van der Waals surface area contributed by atoms with Gasteiger partial charge < -0.3 is 69.3 Å². The molecule has 0 radical (unpaired) electrons. The van der Waals surface area contributed by atoms with Crippen LogP contribution in [0.4, 0.5) is 0 Å². The average molecular weight is 595 g/mol. The summed E-state index contributed by atoms with van der Waals surface area (Å²) in [7, 11) is 0. The van der Waals surface area contributed by atoms with E-state index in [1.807, 2.05) is 0 Å². The number of hydrogen-bond acceptors (Lipinski definition) is 15. The predicted molar refractivity (Wildman–Crippen MR) is 139 cm³/mol. The lowest BCUT2D eigenvalue weighted by Gasteiger charge is -2.45. The molecular weight excluding hydrogens is 564 g/mol. The molecule has 0 amide bonds. The lowest BCUT2D eigenvalue weighted by Crippen LogP contribution is -2.64. The van der Waals surface area contributed by atoms with E-state index in [1.54, 1.807) is 0 Å². The van der Waals surface area contributed by atoms with Gasteiger partial charge in [-0.15, -0.1) is 0 Å². The zero-order chi connectivity index (χ0) is 30.5. The molecule has 15 nitrogen and oxygen atoms in total. The number of phenols is 3. The molecule has 1 aromatic heterocycles. The van der Waals surface area contributed by atoms with Gasteiger partial charge in [0, 0.05) is 17.7 Å². The van der Waals surface area contributed by atoms with Crippen molar-refractivity contribution >= 4 is 11.0 Å². The van der Waals surface area contributed by atoms with Crippen molar-refractivity contribution in [3.8, 4) is 34.3 Å². The number of phenolic OH excluding ortho intramolecular Hbond substituents is 3. The summed E-state index contributed by atoms with van der Waals surface area (Å²) in [6.07, 6.45) is -16.2. The second-order valence-electron chi connectivity index (χ2n) is 10.1. The second-order valence-corrected chi connectivity index (χ2v) is 10.1. The zero-order valence-electron chi connectivity index (χ0n) is 21.9. The van der Waals surface area contributed by atoms with Crippen molar-refractivity contribution in [1.82, 2.24) is 0 Å². The maximum atomic E-state index is 13.6. The highest BCUT2D eigenvalue weighted by atomic mass is 16.7. The predicted octanol–water partition coefficient (Wildman–Crippen LogP) is -1.39. The fraction of sp³-hybridized carbons (Fsp3) is 0.444. The number of hydrogen-bond donors (Lipinski definition) is 9. The Labute approximate surface area is 236 Å². The topological polar surface area (TPSA) is 249 Å². The van der Waals surface area contributed by atoms with E-state index in [9.17, 15) is 50.8 Å². The van der Waals surface area contributed by atoms with Crippen LogP contribution >= 0.6 is 0 Å². The summed E-state index contributed by atoms with van der Waals surface area (Å²) in [5, 5.41) is 91.5. The van der Waals surface area contributed by atoms with Gasteiger partial charge in [-0.1, -0.05) is 0 Å². The first-order chi connectivity index (χ1) is 19.9. The first kappa shape index (κ1) is 30.0. The van der Waals surface area contributed by atoms with Gasteiger partial charge in [0.1, 0.15) is 70.9 Å². The van der Waals surface area contributed by atoms with Gasteiger partial charge in [0.25, 0.3) is 0 Å². The Bertz CT molecular complexity index is 1470. The molecule has 5 rings (SSSR count). The summed E-state index contributed by atoms with van der Waals surface area (Å²) in [4.78, 5) is 13.6. The fourth-order valence-electron chi connectivity index (χ4n) is 4.88. The summed E-state index contributed by atoms with van der Waals surface area (Å²) in [6, 6.07) is 7.40. The first-order valence-corrected chi connectivity index (χ1v) is 12.9. The number of fused-ring (bicyclic) bond motifs is 1. The Morgan fingerprint density at radius 2 is 1.50 bits per heavy atom. The van der Waals surface area contributed by atoms with E-state index >= 15 is 0 Å². The number of ether oxygens (including phenoxy) is 4. The SMILES string of the molecule is C[C@@H]1O[C@@H](Oc2c(-c3ccc(O)cc3)oc3cc(O)cc(O)c3c2=O)[C@H](O)[C@H](O[C@@H]2O[C@H](CO)[C@@H](O)[C@H](O)[C@H]2O)[C@H]1O. The van der Waals surface area contributed by atoms with E-state index in [0.29, 0.717) is 0 Å². The third-order valence-electron chi connectivity index (χ3n) is 7.20. The van der Waals surface area contributed by atoms with Gasteiger partial charge in [-0.3, -0.25) is 4.79 Å². The number of aliphatic hydroxyl groups is 6. The zero-order valence-corrected chi connectivity index (χ0v) is 21.9.